The highest BCUT2D eigenvalue weighted by molar-refractivity contribution is 7.90. The highest BCUT2D eigenvalue weighted by Crippen LogP contribution is 2.36. The molecule has 184 valence electrons. The topological polar surface area (TPSA) is 143 Å². The maximum absolute atomic E-state index is 12.4. The number of aromatic amines is 1. The number of carbonyl (C=O) groups is 2. The Kier molecular flexibility index (Phi) is 6.18. The molecule has 1 aromatic carbocycles. The number of cyclic esters (lactones) is 1. The minimum atomic E-state index is -3.03. The van der Waals surface area contributed by atoms with Gasteiger partial charge in [0.05, 0.1) is 16.7 Å². The number of ether oxygens (including phenoxy) is 1. The third-order valence-corrected chi connectivity index (χ3v) is 7.55. The van der Waals surface area contributed by atoms with Crippen molar-refractivity contribution in [3.05, 3.63) is 46.9 Å². The van der Waals surface area contributed by atoms with Crippen molar-refractivity contribution in [2.75, 3.05) is 23.9 Å². The predicted molar refractivity (Wildman–Crippen MR) is 130 cm³/mol. The van der Waals surface area contributed by atoms with E-state index in [9.17, 15) is 18.0 Å². The van der Waals surface area contributed by atoms with E-state index in [1.54, 1.807) is 6.07 Å². The van der Waals surface area contributed by atoms with Crippen molar-refractivity contribution in [1.29, 1.82) is 0 Å². The lowest BCUT2D eigenvalue weighted by atomic mass is 9.84. The van der Waals surface area contributed by atoms with Crippen LogP contribution in [0.15, 0.2) is 24.5 Å². The quantitative estimate of drug-likeness (QED) is 0.318. The van der Waals surface area contributed by atoms with Crippen LogP contribution in [0.4, 0.5) is 11.5 Å². The Morgan fingerprint density at radius 2 is 2.14 bits per heavy atom. The first-order valence-electron chi connectivity index (χ1n) is 11.6. The maximum atomic E-state index is 12.4. The van der Waals surface area contributed by atoms with Gasteiger partial charge < -0.3 is 20.4 Å². The summed E-state index contributed by atoms with van der Waals surface area (Å²) in [4.78, 5) is 36.6. The molecular formula is C24H27N5O5S. The van der Waals surface area contributed by atoms with E-state index in [4.69, 9.17) is 4.74 Å². The van der Waals surface area contributed by atoms with Gasteiger partial charge >= 0.3 is 5.97 Å². The molecule has 35 heavy (non-hydrogen) atoms. The summed E-state index contributed by atoms with van der Waals surface area (Å²) in [5.74, 6) is 0.486. The molecule has 0 radical (unpaired) electrons. The van der Waals surface area contributed by atoms with Gasteiger partial charge in [-0.1, -0.05) is 6.07 Å². The van der Waals surface area contributed by atoms with Gasteiger partial charge in [0.1, 0.15) is 34.2 Å². The number of sulfone groups is 1. The van der Waals surface area contributed by atoms with Crippen molar-refractivity contribution < 1.29 is 22.7 Å². The number of rotatable bonds is 8. The second-order valence-corrected chi connectivity index (χ2v) is 11.5. The predicted octanol–water partition coefficient (Wildman–Crippen LogP) is 2.42. The van der Waals surface area contributed by atoms with Crippen LogP contribution >= 0.6 is 0 Å². The number of amides is 1. The third-order valence-electron chi connectivity index (χ3n) is 6.52. The number of nitrogens with one attached hydrogen (secondary N) is 3. The van der Waals surface area contributed by atoms with Crippen LogP contribution in [0, 0.1) is 5.92 Å². The number of carbonyl (C=O) groups excluding carboxylic acids is 2. The van der Waals surface area contributed by atoms with Crippen molar-refractivity contribution in [2.24, 2.45) is 5.92 Å². The highest BCUT2D eigenvalue weighted by Gasteiger charge is 2.27. The van der Waals surface area contributed by atoms with E-state index in [-0.39, 0.29) is 23.5 Å². The van der Waals surface area contributed by atoms with Gasteiger partial charge in [0, 0.05) is 36.2 Å². The average Bonchev–Trinajstić information content (AvgIpc) is 3.37. The summed E-state index contributed by atoms with van der Waals surface area (Å²) in [6, 6.07) is 5.54. The van der Waals surface area contributed by atoms with E-state index in [0.717, 1.165) is 46.4 Å². The fourth-order valence-corrected chi connectivity index (χ4v) is 5.48. The lowest BCUT2D eigenvalue weighted by molar-refractivity contribution is -0.122. The van der Waals surface area contributed by atoms with E-state index in [1.165, 1.54) is 12.6 Å². The lowest BCUT2D eigenvalue weighted by Crippen LogP contribution is -2.29. The smallest absolute Gasteiger partial charge is 0.338 e. The SMILES string of the molecule is CS(=O)(=O)CCCNC(=O)CC1CCc2[nH]c3ncnc(Nc4ccc5c(c4)C(=O)OC5)c3c2C1. The number of hydrogen-bond acceptors (Lipinski definition) is 8. The Hall–Kier alpha value is -3.47. The number of hydrogen-bond donors (Lipinski definition) is 3. The maximum Gasteiger partial charge on any atom is 0.338 e. The Morgan fingerprint density at radius 3 is 2.97 bits per heavy atom. The molecule has 3 N–H and O–H groups in total. The molecule has 0 fully saturated rings. The van der Waals surface area contributed by atoms with Gasteiger partial charge in [0.25, 0.3) is 0 Å². The lowest BCUT2D eigenvalue weighted by Gasteiger charge is -2.22. The molecule has 1 aliphatic heterocycles. The molecule has 2 aromatic heterocycles. The van der Waals surface area contributed by atoms with E-state index in [2.05, 4.69) is 25.6 Å². The number of anilines is 2. The fourth-order valence-electron chi connectivity index (χ4n) is 4.81. The summed E-state index contributed by atoms with van der Waals surface area (Å²) in [6.07, 6.45) is 5.88. The van der Waals surface area contributed by atoms with Crippen LogP contribution < -0.4 is 10.6 Å². The zero-order valence-corrected chi connectivity index (χ0v) is 20.2. The molecule has 1 aliphatic carbocycles. The normalized spacial score (nSPS) is 17.1. The fraction of sp³-hybridized carbons (Fsp3) is 0.417. The third kappa shape index (κ3) is 5.14. The molecule has 0 spiro atoms. The van der Waals surface area contributed by atoms with Crippen LogP contribution in [0.2, 0.25) is 0 Å². The van der Waals surface area contributed by atoms with Gasteiger partial charge in [-0.25, -0.2) is 23.2 Å². The second kappa shape index (κ2) is 9.29. The molecule has 0 saturated carbocycles. The van der Waals surface area contributed by atoms with Gasteiger partial charge in [-0.2, -0.15) is 0 Å². The van der Waals surface area contributed by atoms with E-state index in [0.29, 0.717) is 43.8 Å². The number of benzene rings is 1. The zero-order chi connectivity index (χ0) is 24.6. The van der Waals surface area contributed by atoms with Crippen LogP contribution in [0.1, 0.15) is 46.4 Å². The molecule has 5 rings (SSSR count). The summed E-state index contributed by atoms with van der Waals surface area (Å²) in [6.45, 7) is 0.650. The van der Waals surface area contributed by atoms with Crippen molar-refractivity contribution in [3.8, 4) is 0 Å². The van der Waals surface area contributed by atoms with E-state index in [1.807, 2.05) is 12.1 Å². The van der Waals surface area contributed by atoms with Crippen molar-refractivity contribution in [1.82, 2.24) is 20.3 Å². The average molecular weight is 498 g/mol. The second-order valence-electron chi connectivity index (χ2n) is 9.25. The summed E-state index contributed by atoms with van der Waals surface area (Å²) >= 11 is 0. The number of aryl methyl sites for hydroxylation is 1. The molecule has 3 heterocycles. The molecule has 1 atom stereocenters. The first-order valence-corrected chi connectivity index (χ1v) is 13.7. The Morgan fingerprint density at radius 1 is 1.29 bits per heavy atom. The van der Waals surface area contributed by atoms with Crippen LogP contribution in [0.25, 0.3) is 11.0 Å². The minimum Gasteiger partial charge on any atom is -0.457 e. The molecule has 11 heteroatoms. The Balaban J connectivity index is 1.30. The van der Waals surface area contributed by atoms with Crippen molar-refractivity contribution in [3.63, 3.8) is 0 Å². The largest absolute Gasteiger partial charge is 0.457 e. The van der Waals surface area contributed by atoms with E-state index >= 15 is 0 Å². The highest BCUT2D eigenvalue weighted by atomic mass is 32.2. The van der Waals surface area contributed by atoms with Crippen LogP contribution in [-0.4, -0.2) is 53.8 Å². The Labute approximate surface area is 202 Å². The molecule has 0 saturated heterocycles. The Bertz CT molecular complexity index is 1420. The molecule has 0 bridgehead atoms. The van der Waals surface area contributed by atoms with Crippen molar-refractivity contribution in [2.45, 2.75) is 38.7 Å². The number of aromatic nitrogens is 3. The van der Waals surface area contributed by atoms with Gasteiger partial charge in [0.2, 0.25) is 5.91 Å². The number of H-pyrrole nitrogens is 1. The zero-order valence-electron chi connectivity index (χ0n) is 19.4. The molecule has 3 aromatic rings. The molecule has 10 nitrogen and oxygen atoms in total. The number of esters is 1. The van der Waals surface area contributed by atoms with Gasteiger partial charge in [-0.05, 0) is 49.3 Å². The minimum absolute atomic E-state index is 0.0635. The summed E-state index contributed by atoms with van der Waals surface area (Å²) in [7, 11) is -3.03. The van der Waals surface area contributed by atoms with Gasteiger partial charge in [-0.3, -0.25) is 4.79 Å². The summed E-state index contributed by atoms with van der Waals surface area (Å²) < 4.78 is 27.6. The summed E-state index contributed by atoms with van der Waals surface area (Å²) in [5, 5.41) is 7.06. The van der Waals surface area contributed by atoms with E-state index < -0.39 is 9.84 Å². The van der Waals surface area contributed by atoms with Crippen molar-refractivity contribution >= 4 is 44.3 Å². The molecule has 1 unspecified atom stereocenters. The first-order chi connectivity index (χ1) is 16.8. The molecule has 2 aliphatic rings. The van der Waals surface area contributed by atoms with Crippen LogP contribution in [-0.2, 0) is 38.8 Å². The van der Waals surface area contributed by atoms with Crippen LogP contribution in [0.5, 0.6) is 0 Å². The molecular weight excluding hydrogens is 470 g/mol. The standard InChI is InChI=1S/C24H27N5O5S/c1-35(32,33)8-2-7-25-20(30)10-14-3-6-19-18(9-14)21-22(26-13-27-23(21)29-19)28-16-5-4-15-12-34-24(31)17(15)11-16/h4-5,11,13-14H,2-3,6-10,12H2,1H3,(H,25,30)(H2,26,27,28,29). The van der Waals surface area contributed by atoms with Crippen LogP contribution in [0.3, 0.4) is 0 Å². The van der Waals surface area contributed by atoms with Gasteiger partial charge in [-0.15, -0.1) is 0 Å². The first kappa shape index (κ1) is 23.3. The number of fused-ring (bicyclic) bond motifs is 4. The molecule has 1 amide bonds. The van der Waals surface area contributed by atoms with Gasteiger partial charge in [0.15, 0.2) is 0 Å². The monoisotopic (exact) mass is 497 g/mol. The summed E-state index contributed by atoms with van der Waals surface area (Å²) in [5.41, 5.74) is 5.09. The number of nitrogens with zero attached hydrogens (tertiary/aromatic N) is 2.